The molecule has 2 rings (SSSR count). The Labute approximate surface area is 118 Å². The van der Waals surface area contributed by atoms with E-state index in [-0.39, 0.29) is 17.4 Å². The molecule has 110 valence electrons. The molecule has 0 spiro atoms. The van der Waals surface area contributed by atoms with Crippen LogP contribution in [0.4, 0.5) is 0 Å². The van der Waals surface area contributed by atoms with E-state index in [9.17, 15) is 18.3 Å². The number of sulfone groups is 1. The molecule has 2 atom stereocenters. The van der Waals surface area contributed by atoms with Crippen LogP contribution in [0.3, 0.4) is 0 Å². The van der Waals surface area contributed by atoms with E-state index >= 15 is 0 Å². The lowest BCUT2D eigenvalue weighted by Gasteiger charge is -2.28. The standard InChI is InChI=1S/C14H18O5S/c1-19-12-4-2-10(3-5-12)8-11-6-7-20(17,18)9-13(11)14(15)16/h2-5,11,13H,6-9H2,1H3,(H,15,16). The highest BCUT2D eigenvalue weighted by atomic mass is 32.2. The zero-order chi connectivity index (χ0) is 14.8. The van der Waals surface area contributed by atoms with Gasteiger partial charge in [-0.2, -0.15) is 0 Å². The van der Waals surface area contributed by atoms with Gasteiger partial charge in [-0.05, 0) is 36.5 Å². The summed E-state index contributed by atoms with van der Waals surface area (Å²) in [4.78, 5) is 11.3. The number of hydrogen-bond donors (Lipinski definition) is 1. The third-order valence-electron chi connectivity index (χ3n) is 3.78. The van der Waals surface area contributed by atoms with Crippen LogP contribution in [0.5, 0.6) is 5.75 Å². The molecule has 1 aliphatic heterocycles. The third-order valence-corrected chi connectivity index (χ3v) is 5.50. The zero-order valence-electron chi connectivity index (χ0n) is 11.3. The Morgan fingerprint density at radius 3 is 2.55 bits per heavy atom. The van der Waals surface area contributed by atoms with E-state index in [1.54, 1.807) is 7.11 Å². The van der Waals surface area contributed by atoms with E-state index in [0.717, 1.165) is 11.3 Å². The minimum Gasteiger partial charge on any atom is -0.497 e. The largest absolute Gasteiger partial charge is 0.497 e. The van der Waals surface area contributed by atoms with Gasteiger partial charge in [0.2, 0.25) is 0 Å². The average Bonchev–Trinajstić information content (AvgIpc) is 2.41. The predicted molar refractivity (Wildman–Crippen MR) is 74.6 cm³/mol. The molecule has 0 aliphatic carbocycles. The molecule has 1 aromatic rings. The maximum Gasteiger partial charge on any atom is 0.307 e. The summed E-state index contributed by atoms with van der Waals surface area (Å²) in [6.45, 7) is 0. The first-order valence-corrected chi connectivity index (χ1v) is 8.29. The normalized spacial score (nSPS) is 25.1. The summed E-state index contributed by atoms with van der Waals surface area (Å²) in [6, 6.07) is 7.43. The molecule has 0 aromatic heterocycles. The second kappa shape index (κ2) is 5.83. The van der Waals surface area contributed by atoms with Gasteiger partial charge in [-0.3, -0.25) is 4.79 Å². The van der Waals surface area contributed by atoms with E-state index < -0.39 is 21.7 Å². The second-order valence-corrected chi connectivity index (χ2v) is 7.39. The summed E-state index contributed by atoms with van der Waals surface area (Å²) in [5, 5.41) is 9.22. The Hall–Kier alpha value is -1.56. The van der Waals surface area contributed by atoms with Gasteiger partial charge < -0.3 is 9.84 Å². The van der Waals surface area contributed by atoms with Gasteiger partial charge in [0.1, 0.15) is 5.75 Å². The summed E-state index contributed by atoms with van der Waals surface area (Å²) >= 11 is 0. The number of carboxylic acids is 1. The molecule has 0 amide bonds. The first-order chi connectivity index (χ1) is 9.41. The summed E-state index contributed by atoms with van der Waals surface area (Å²) in [7, 11) is -1.63. The third kappa shape index (κ3) is 3.50. The molecule has 20 heavy (non-hydrogen) atoms. The molecule has 1 saturated heterocycles. The number of carbonyl (C=O) groups is 1. The molecular weight excluding hydrogens is 280 g/mol. The van der Waals surface area contributed by atoms with Crippen LogP contribution in [0.25, 0.3) is 0 Å². The minimum absolute atomic E-state index is 0.0810. The van der Waals surface area contributed by atoms with Gasteiger partial charge in [-0.15, -0.1) is 0 Å². The van der Waals surface area contributed by atoms with Crippen molar-refractivity contribution in [3.8, 4) is 5.75 Å². The van der Waals surface area contributed by atoms with Crippen LogP contribution in [0.1, 0.15) is 12.0 Å². The van der Waals surface area contributed by atoms with E-state index in [1.165, 1.54) is 0 Å². The molecule has 0 radical (unpaired) electrons. The number of ether oxygens (including phenoxy) is 1. The van der Waals surface area contributed by atoms with Crippen molar-refractivity contribution >= 4 is 15.8 Å². The number of benzene rings is 1. The van der Waals surface area contributed by atoms with Gasteiger partial charge in [-0.1, -0.05) is 12.1 Å². The highest BCUT2D eigenvalue weighted by molar-refractivity contribution is 7.91. The second-order valence-electron chi connectivity index (χ2n) is 5.16. The van der Waals surface area contributed by atoms with Crippen molar-refractivity contribution in [3.05, 3.63) is 29.8 Å². The fourth-order valence-electron chi connectivity index (χ4n) is 2.61. The van der Waals surface area contributed by atoms with Crippen molar-refractivity contribution in [2.75, 3.05) is 18.6 Å². The first kappa shape index (κ1) is 14.8. The maximum atomic E-state index is 11.6. The van der Waals surface area contributed by atoms with Gasteiger partial charge in [0.05, 0.1) is 24.5 Å². The van der Waals surface area contributed by atoms with Crippen molar-refractivity contribution in [1.82, 2.24) is 0 Å². The Morgan fingerprint density at radius 2 is 2.00 bits per heavy atom. The van der Waals surface area contributed by atoms with Crippen molar-refractivity contribution in [3.63, 3.8) is 0 Å². The van der Waals surface area contributed by atoms with E-state index in [0.29, 0.717) is 12.8 Å². The topological polar surface area (TPSA) is 80.7 Å². The molecule has 1 fully saturated rings. The van der Waals surface area contributed by atoms with Gasteiger partial charge >= 0.3 is 5.97 Å². The molecular formula is C14H18O5S. The van der Waals surface area contributed by atoms with Crippen LogP contribution in [0.15, 0.2) is 24.3 Å². The Kier molecular flexibility index (Phi) is 4.32. The van der Waals surface area contributed by atoms with Crippen LogP contribution in [0.2, 0.25) is 0 Å². The van der Waals surface area contributed by atoms with Crippen molar-refractivity contribution < 1.29 is 23.1 Å². The van der Waals surface area contributed by atoms with Crippen LogP contribution >= 0.6 is 0 Å². The maximum absolute atomic E-state index is 11.6. The summed E-state index contributed by atoms with van der Waals surface area (Å²) in [5.41, 5.74) is 1.00. The van der Waals surface area contributed by atoms with Gasteiger partial charge in [0.25, 0.3) is 0 Å². The van der Waals surface area contributed by atoms with Gasteiger partial charge in [-0.25, -0.2) is 8.42 Å². The monoisotopic (exact) mass is 298 g/mol. The van der Waals surface area contributed by atoms with E-state index in [1.807, 2.05) is 24.3 Å². The molecule has 0 saturated carbocycles. The molecule has 6 heteroatoms. The van der Waals surface area contributed by atoms with Crippen molar-refractivity contribution in [2.24, 2.45) is 11.8 Å². The average molecular weight is 298 g/mol. The van der Waals surface area contributed by atoms with Crippen LogP contribution in [-0.2, 0) is 21.1 Å². The van der Waals surface area contributed by atoms with Crippen LogP contribution < -0.4 is 4.74 Å². The molecule has 1 aromatic carbocycles. The number of carboxylic acid groups (broad SMARTS) is 1. The highest BCUT2D eigenvalue weighted by Gasteiger charge is 2.37. The predicted octanol–water partition coefficient (Wildman–Crippen LogP) is 1.37. The first-order valence-electron chi connectivity index (χ1n) is 6.47. The number of rotatable bonds is 4. The van der Waals surface area contributed by atoms with E-state index in [2.05, 4.69) is 0 Å². The van der Waals surface area contributed by atoms with Crippen LogP contribution in [-0.4, -0.2) is 38.1 Å². The Balaban J connectivity index is 2.12. The van der Waals surface area contributed by atoms with Gasteiger partial charge in [0.15, 0.2) is 9.84 Å². The lowest BCUT2D eigenvalue weighted by Crippen LogP contribution is -2.38. The minimum atomic E-state index is -3.21. The highest BCUT2D eigenvalue weighted by Crippen LogP contribution is 2.29. The molecule has 1 N–H and O–H groups in total. The summed E-state index contributed by atoms with van der Waals surface area (Å²) in [6.07, 6.45) is 0.988. The Bertz CT molecular complexity index is 576. The van der Waals surface area contributed by atoms with Gasteiger partial charge in [0, 0.05) is 0 Å². The summed E-state index contributed by atoms with van der Waals surface area (Å²) in [5.74, 6) is -1.39. The fourth-order valence-corrected chi connectivity index (χ4v) is 4.40. The zero-order valence-corrected chi connectivity index (χ0v) is 12.1. The summed E-state index contributed by atoms with van der Waals surface area (Å²) < 4.78 is 28.2. The number of methoxy groups -OCH3 is 1. The fraction of sp³-hybridized carbons (Fsp3) is 0.500. The lowest BCUT2D eigenvalue weighted by molar-refractivity contribution is -0.143. The SMILES string of the molecule is COc1ccc(CC2CCS(=O)(=O)CC2C(=O)O)cc1. The Morgan fingerprint density at radius 1 is 1.35 bits per heavy atom. The molecule has 5 nitrogen and oxygen atoms in total. The quantitative estimate of drug-likeness (QED) is 0.908. The van der Waals surface area contributed by atoms with Crippen molar-refractivity contribution in [1.29, 1.82) is 0 Å². The molecule has 1 aliphatic rings. The molecule has 0 bridgehead atoms. The van der Waals surface area contributed by atoms with Crippen molar-refractivity contribution in [2.45, 2.75) is 12.8 Å². The van der Waals surface area contributed by atoms with E-state index in [4.69, 9.17) is 4.74 Å². The smallest absolute Gasteiger partial charge is 0.307 e. The number of aliphatic carboxylic acids is 1. The lowest BCUT2D eigenvalue weighted by atomic mass is 9.85. The molecule has 2 unspecified atom stereocenters. The molecule has 1 heterocycles. The van der Waals surface area contributed by atoms with Crippen LogP contribution in [0, 0.1) is 11.8 Å². The number of hydrogen-bond acceptors (Lipinski definition) is 4.